The molecule has 5 heteroatoms. The highest BCUT2D eigenvalue weighted by Gasteiger charge is 2.19. The first-order chi connectivity index (χ1) is 26.7. The van der Waals surface area contributed by atoms with E-state index in [1.54, 1.807) is 0 Å². The Bertz CT molecular complexity index is 3220. The van der Waals surface area contributed by atoms with Gasteiger partial charge in [-0.1, -0.05) is 133 Å². The SMILES string of the molecule is c1ccc(-c2ccc3oc4cccc(-c5ccc6ccc(-c7nc(-c8ccccc8)nc(-c8cccc9oc%10ccccc%10c89)n7)cc6c5)c4c3c2)cc1. The fourth-order valence-electron chi connectivity index (χ4n) is 7.73. The highest BCUT2D eigenvalue weighted by atomic mass is 16.3. The van der Waals surface area contributed by atoms with E-state index in [2.05, 4.69) is 109 Å². The molecule has 0 aliphatic carbocycles. The molecule has 3 aromatic heterocycles. The van der Waals surface area contributed by atoms with Gasteiger partial charge in [0, 0.05) is 38.2 Å². The van der Waals surface area contributed by atoms with Crippen LogP contribution >= 0.6 is 0 Å². The van der Waals surface area contributed by atoms with Crippen LogP contribution < -0.4 is 0 Å². The Morgan fingerprint density at radius 2 is 0.852 bits per heavy atom. The van der Waals surface area contributed by atoms with Gasteiger partial charge in [-0.3, -0.25) is 0 Å². The van der Waals surface area contributed by atoms with E-state index in [9.17, 15) is 0 Å². The summed E-state index contributed by atoms with van der Waals surface area (Å²) in [5.74, 6) is 1.81. The summed E-state index contributed by atoms with van der Waals surface area (Å²) in [5.41, 5.74) is 10.7. The third-order valence-corrected chi connectivity index (χ3v) is 10.3. The molecule has 11 rings (SSSR count). The highest BCUT2D eigenvalue weighted by molar-refractivity contribution is 6.14. The van der Waals surface area contributed by atoms with Crippen molar-refractivity contribution < 1.29 is 8.83 Å². The molecule has 0 fully saturated rings. The van der Waals surface area contributed by atoms with Gasteiger partial charge in [-0.2, -0.15) is 0 Å². The fourth-order valence-corrected chi connectivity index (χ4v) is 7.73. The van der Waals surface area contributed by atoms with Crippen molar-refractivity contribution in [2.75, 3.05) is 0 Å². The molecule has 8 aromatic carbocycles. The van der Waals surface area contributed by atoms with E-state index >= 15 is 0 Å². The van der Waals surface area contributed by atoms with Crippen molar-refractivity contribution in [1.82, 2.24) is 15.0 Å². The number of furan rings is 2. The number of benzene rings is 8. The zero-order valence-electron chi connectivity index (χ0n) is 28.9. The van der Waals surface area contributed by atoms with Crippen LogP contribution in [0.3, 0.4) is 0 Å². The molecule has 252 valence electrons. The summed E-state index contributed by atoms with van der Waals surface area (Å²) in [7, 11) is 0. The summed E-state index contributed by atoms with van der Waals surface area (Å²) < 4.78 is 12.6. The first kappa shape index (κ1) is 30.3. The lowest BCUT2D eigenvalue weighted by Crippen LogP contribution is -2.00. The maximum atomic E-state index is 6.38. The molecule has 0 atom stereocenters. The van der Waals surface area contributed by atoms with E-state index in [1.165, 1.54) is 5.56 Å². The standard InChI is InChI=1S/C49H29N3O2/c1-3-11-30(12-4-1)33-25-26-42-40(29-33)45-37(16-9-19-43(45)54-42)34-23-21-31-22-24-35(28-36(31)27-34)48-50-47(32-13-5-2-6-14-32)51-49(52-48)39-17-10-20-44-46(39)38-15-7-8-18-41(38)53-44/h1-29H. The Hall–Kier alpha value is -7.37. The van der Waals surface area contributed by atoms with Gasteiger partial charge >= 0.3 is 0 Å². The van der Waals surface area contributed by atoms with Gasteiger partial charge in [-0.25, -0.2) is 15.0 Å². The van der Waals surface area contributed by atoms with Crippen LogP contribution in [0.1, 0.15) is 0 Å². The van der Waals surface area contributed by atoms with Gasteiger partial charge in [0.05, 0.1) is 0 Å². The predicted octanol–water partition coefficient (Wildman–Crippen LogP) is 13.2. The monoisotopic (exact) mass is 691 g/mol. The minimum Gasteiger partial charge on any atom is -0.456 e. The van der Waals surface area contributed by atoms with Gasteiger partial charge in [-0.15, -0.1) is 0 Å². The second kappa shape index (κ2) is 12.1. The molecule has 11 aromatic rings. The van der Waals surface area contributed by atoms with Crippen LogP contribution in [0, 0.1) is 0 Å². The minimum absolute atomic E-state index is 0.596. The molecule has 0 bridgehead atoms. The second-order valence-electron chi connectivity index (χ2n) is 13.6. The molecular formula is C49H29N3O2. The van der Waals surface area contributed by atoms with Crippen LogP contribution in [0.15, 0.2) is 185 Å². The van der Waals surface area contributed by atoms with Gasteiger partial charge in [0.15, 0.2) is 17.5 Å². The van der Waals surface area contributed by atoms with Crippen molar-refractivity contribution >= 4 is 54.6 Å². The molecule has 0 spiro atoms. The normalized spacial score (nSPS) is 11.7. The van der Waals surface area contributed by atoms with Crippen molar-refractivity contribution in [1.29, 1.82) is 0 Å². The van der Waals surface area contributed by atoms with Gasteiger partial charge in [0.2, 0.25) is 0 Å². The summed E-state index contributed by atoms with van der Waals surface area (Å²) >= 11 is 0. The molecule has 0 N–H and O–H groups in total. The molecular weight excluding hydrogens is 663 g/mol. The van der Waals surface area contributed by atoms with Gasteiger partial charge in [-0.05, 0) is 75.5 Å². The largest absolute Gasteiger partial charge is 0.456 e. The number of para-hydroxylation sites is 1. The Morgan fingerprint density at radius 1 is 0.296 bits per heavy atom. The Balaban J connectivity index is 1.07. The van der Waals surface area contributed by atoms with Crippen molar-refractivity contribution in [3.05, 3.63) is 176 Å². The number of nitrogens with zero attached hydrogens (tertiary/aromatic N) is 3. The number of rotatable bonds is 5. The molecule has 0 aliphatic rings. The van der Waals surface area contributed by atoms with Crippen molar-refractivity contribution in [2.45, 2.75) is 0 Å². The molecule has 0 radical (unpaired) electrons. The van der Waals surface area contributed by atoms with E-state index in [4.69, 9.17) is 23.8 Å². The smallest absolute Gasteiger partial charge is 0.164 e. The average molecular weight is 692 g/mol. The van der Waals surface area contributed by atoms with E-state index in [1.807, 2.05) is 66.7 Å². The maximum absolute atomic E-state index is 6.38. The molecule has 0 saturated carbocycles. The van der Waals surface area contributed by atoms with Crippen LogP contribution in [0.5, 0.6) is 0 Å². The molecule has 0 amide bonds. The Kier molecular flexibility index (Phi) is 6.79. The third kappa shape index (κ3) is 4.98. The van der Waals surface area contributed by atoms with E-state index in [0.717, 1.165) is 88.0 Å². The topological polar surface area (TPSA) is 65.0 Å². The highest BCUT2D eigenvalue weighted by Crippen LogP contribution is 2.40. The van der Waals surface area contributed by atoms with E-state index in [0.29, 0.717) is 17.5 Å². The maximum Gasteiger partial charge on any atom is 0.164 e. The molecule has 0 aliphatic heterocycles. The van der Waals surface area contributed by atoms with Crippen LogP contribution in [-0.4, -0.2) is 15.0 Å². The molecule has 0 saturated heterocycles. The van der Waals surface area contributed by atoms with Crippen molar-refractivity contribution in [3.63, 3.8) is 0 Å². The van der Waals surface area contributed by atoms with Gasteiger partial charge in [0.1, 0.15) is 22.3 Å². The number of aromatic nitrogens is 3. The lowest BCUT2D eigenvalue weighted by atomic mass is 9.95. The summed E-state index contributed by atoms with van der Waals surface area (Å²) in [4.78, 5) is 15.3. The number of hydrogen-bond donors (Lipinski definition) is 0. The first-order valence-electron chi connectivity index (χ1n) is 18.0. The third-order valence-electron chi connectivity index (χ3n) is 10.3. The zero-order chi connectivity index (χ0) is 35.6. The molecule has 54 heavy (non-hydrogen) atoms. The minimum atomic E-state index is 0.596. The Labute approximate surface area is 309 Å². The first-order valence-corrected chi connectivity index (χ1v) is 18.0. The molecule has 0 unspecified atom stereocenters. The number of fused-ring (bicyclic) bond motifs is 7. The second-order valence-corrected chi connectivity index (χ2v) is 13.6. The lowest BCUT2D eigenvalue weighted by Gasteiger charge is -2.11. The zero-order valence-corrected chi connectivity index (χ0v) is 28.9. The molecule has 5 nitrogen and oxygen atoms in total. The number of hydrogen-bond acceptors (Lipinski definition) is 5. The van der Waals surface area contributed by atoms with E-state index < -0.39 is 0 Å². The summed E-state index contributed by atoms with van der Waals surface area (Å²) in [6, 6.07) is 60.5. The summed E-state index contributed by atoms with van der Waals surface area (Å²) in [6.45, 7) is 0. The lowest BCUT2D eigenvalue weighted by molar-refractivity contribution is 0.668. The van der Waals surface area contributed by atoms with Gasteiger partial charge in [0.25, 0.3) is 0 Å². The summed E-state index contributed by atoms with van der Waals surface area (Å²) in [5, 5.41) is 6.44. The average Bonchev–Trinajstić information content (AvgIpc) is 3.82. The predicted molar refractivity (Wildman–Crippen MR) is 219 cm³/mol. The van der Waals surface area contributed by atoms with Crippen LogP contribution in [0.25, 0.3) is 111 Å². The van der Waals surface area contributed by atoms with Gasteiger partial charge < -0.3 is 8.83 Å². The van der Waals surface area contributed by atoms with Crippen molar-refractivity contribution in [3.8, 4) is 56.4 Å². The van der Waals surface area contributed by atoms with E-state index in [-0.39, 0.29) is 0 Å². The van der Waals surface area contributed by atoms with Crippen molar-refractivity contribution in [2.24, 2.45) is 0 Å². The molecule has 3 heterocycles. The Morgan fingerprint density at radius 3 is 1.63 bits per heavy atom. The quantitative estimate of drug-likeness (QED) is 0.180. The summed E-state index contributed by atoms with van der Waals surface area (Å²) in [6.07, 6.45) is 0. The van der Waals surface area contributed by atoms with Crippen LogP contribution in [0.4, 0.5) is 0 Å². The fraction of sp³-hybridized carbons (Fsp3) is 0. The van der Waals surface area contributed by atoms with Crippen LogP contribution in [0.2, 0.25) is 0 Å². The van der Waals surface area contributed by atoms with Crippen LogP contribution in [-0.2, 0) is 0 Å².